The zero-order chi connectivity index (χ0) is 18.2. The average molecular weight is 345 g/mol. The third-order valence-electron chi connectivity index (χ3n) is 3.87. The molecule has 0 unspecified atom stereocenters. The first-order valence-electron chi connectivity index (χ1n) is 8.15. The number of nitrogens with two attached hydrogens (primary N) is 1. The molecule has 2 rings (SSSR count). The summed E-state index contributed by atoms with van der Waals surface area (Å²) in [5, 5.41) is 3.01. The molecule has 6 heteroatoms. The number of nitrogens with zero attached hydrogens (tertiary/aromatic N) is 1. The van der Waals surface area contributed by atoms with E-state index in [1.807, 2.05) is 25.2 Å². The lowest BCUT2D eigenvalue weighted by Gasteiger charge is -2.17. The number of benzene rings is 2. The second kappa shape index (κ2) is 9.03. The third-order valence-corrected chi connectivity index (χ3v) is 3.87. The van der Waals surface area contributed by atoms with Gasteiger partial charge in [-0.15, -0.1) is 0 Å². The number of anilines is 2. The Labute approximate surface area is 147 Å². The van der Waals surface area contributed by atoms with Crippen LogP contribution in [0.2, 0.25) is 0 Å². The molecule has 0 spiro atoms. The van der Waals surface area contributed by atoms with E-state index in [1.165, 1.54) is 18.7 Å². The van der Waals surface area contributed by atoms with Crippen molar-refractivity contribution in [2.45, 2.75) is 13.0 Å². The van der Waals surface area contributed by atoms with Gasteiger partial charge < -0.3 is 20.7 Å². The van der Waals surface area contributed by atoms with Gasteiger partial charge in [-0.2, -0.15) is 0 Å². The maximum atomic E-state index is 14.0. The molecule has 0 aliphatic rings. The van der Waals surface area contributed by atoms with Crippen molar-refractivity contribution in [2.75, 3.05) is 38.3 Å². The van der Waals surface area contributed by atoms with Gasteiger partial charge in [0.1, 0.15) is 5.82 Å². The highest BCUT2D eigenvalue weighted by Gasteiger charge is 2.14. The van der Waals surface area contributed by atoms with Crippen molar-refractivity contribution in [1.29, 1.82) is 0 Å². The molecule has 25 heavy (non-hydrogen) atoms. The van der Waals surface area contributed by atoms with E-state index >= 15 is 0 Å². The molecular weight excluding hydrogens is 321 g/mol. The van der Waals surface area contributed by atoms with Crippen LogP contribution in [-0.4, -0.2) is 38.1 Å². The molecule has 0 heterocycles. The summed E-state index contributed by atoms with van der Waals surface area (Å²) in [6.45, 7) is 2.31. The number of methoxy groups -OCH3 is 1. The highest BCUT2D eigenvalue weighted by atomic mass is 19.1. The predicted octanol–water partition coefficient (Wildman–Crippen LogP) is 3.13. The number of carbonyl (C=O) groups excluding carboxylic acids is 1. The van der Waals surface area contributed by atoms with Crippen LogP contribution in [0.5, 0.6) is 0 Å². The maximum Gasteiger partial charge on any atom is 0.340 e. The van der Waals surface area contributed by atoms with Crippen molar-refractivity contribution < 1.29 is 13.9 Å². The molecule has 0 aromatic heterocycles. The normalized spacial score (nSPS) is 10.7. The van der Waals surface area contributed by atoms with Crippen LogP contribution in [0.4, 0.5) is 15.8 Å². The smallest absolute Gasteiger partial charge is 0.340 e. The Kier molecular flexibility index (Phi) is 6.77. The van der Waals surface area contributed by atoms with E-state index in [-0.39, 0.29) is 16.9 Å². The standard InChI is InChI=1S/C19H24FN3O2/c1-23(13-14-7-4-3-5-8-14)10-6-9-22-18-11-15(19(24)25-2)17(21)12-16(18)20/h3-5,7-8,11-12,22H,6,9-10,13,21H2,1-2H3. The number of nitrogens with one attached hydrogen (secondary N) is 1. The van der Waals surface area contributed by atoms with Crippen LogP contribution in [0.1, 0.15) is 22.3 Å². The molecule has 2 aromatic rings. The molecule has 0 radical (unpaired) electrons. The summed E-state index contributed by atoms with van der Waals surface area (Å²) >= 11 is 0. The monoisotopic (exact) mass is 345 g/mol. The Morgan fingerprint density at radius 3 is 2.68 bits per heavy atom. The highest BCUT2D eigenvalue weighted by molar-refractivity contribution is 5.96. The molecule has 5 nitrogen and oxygen atoms in total. The van der Waals surface area contributed by atoms with E-state index < -0.39 is 11.8 Å². The van der Waals surface area contributed by atoms with Crippen LogP contribution in [0.25, 0.3) is 0 Å². The van der Waals surface area contributed by atoms with Crippen molar-refractivity contribution in [1.82, 2.24) is 4.90 Å². The number of esters is 1. The minimum absolute atomic E-state index is 0.0671. The topological polar surface area (TPSA) is 67.6 Å². The number of hydrogen-bond acceptors (Lipinski definition) is 5. The molecule has 0 bridgehead atoms. The molecule has 0 aliphatic heterocycles. The first-order valence-corrected chi connectivity index (χ1v) is 8.15. The Morgan fingerprint density at radius 2 is 2.00 bits per heavy atom. The molecule has 0 amide bonds. The van der Waals surface area contributed by atoms with Gasteiger partial charge in [-0.05, 0) is 37.7 Å². The van der Waals surface area contributed by atoms with Crippen LogP contribution in [0.15, 0.2) is 42.5 Å². The number of ether oxygens (including phenoxy) is 1. The van der Waals surface area contributed by atoms with Gasteiger partial charge >= 0.3 is 5.97 Å². The lowest BCUT2D eigenvalue weighted by molar-refractivity contribution is 0.0602. The summed E-state index contributed by atoms with van der Waals surface area (Å²) in [4.78, 5) is 13.8. The molecule has 3 N–H and O–H groups in total. The predicted molar refractivity (Wildman–Crippen MR) is 98.0 cm³/mol. The molecule has 0 saturated heterocycles. The maximum absolute atomic E-state index is 14.0. The van der Waals surface area contributed by atoms with E-state index in [2.05, 4.69) is 27.1 Å². The number of carbonyl (C=O) groups is 1. The molecule has 134 valence electrons. The number of hydrogen-bond donors (Lipinski definition) is 2. The SMILES string of the molecule is COC(=O)c1cc(NCCCN(C)Cc2ccccc2)c(F)cc1N. The van der Waals surface area contributed by atoms with Gasteiger partial charge in [-0.25, -0.2) is 9.18 Å². The van der Waals surface area contributed by atoms with Crippen LogP contribution in [0.3, 0.4) is 0 Å². The fourth-order valence-electron chi connectivity index (χ4n) is 2.56. The van der Waals surface area contributed by atoms with Crippen LogP contribution < -0.4 is 11.1 Å². The summed E-state index contributed by atoms with van der Waals surface area (Å²) in [5.41, 5.74) is 7.39. The molecular formula is C19H24FN3O2. The third kappa shape index (κ3) is 5.46. The molecule has 0 fully saturated rings. The second-order valence-electron chi connectivity index (χ2n) is 5.91. The van der Waals surface area contributed by atoms with Crippen LogP contribution in [-0.2, 0) is 11.3 Å². The quantitative estimate of drug-likeness (QED) is 0.437. The zero-order valence-electron chi connectivity index (χ0n) is 14.6. The average Bonchev–Trinajstić information content (AvgIpc) is 2.60. The molecule has 0 saturated carbocycles. The zero-order valence-corrected chi connectivity index (χ0v) is 14.6. The summed E-state index contributed by atoms with van der Waals surface area (Å²) in [6, 6.07) is 12.7. The van der Waals surface area contributed by atoms with Gasteiger partial charge in [0.2, 0.25) is 0 Å². The minimum atomic E-state index is -0.580. The van der Waals surface area contributed by atoms with E-state index in [0.717, 1.165) is 25.6 Å². The summed E-state index contributed by atoms with van der Waals surface area (Å²) in [7, 11) is 3.31. The fraction of sp³-hybridized carbons (Fsp3) is 0.316. The van der Waals surface area contributed by atoms with E-state index in [4.69, 9.17) is 5.73 Å². The van der Waals surface area contributed by atoms with Gasteiger partial charge in [0.15, 0.2) is 0 Å². The van der Waals surface area contributed by atoms with E-state index in [1.54, 1.807) is 0 Å². The molecule has 0 aliphatic carbocycles. The van der Waals surface area contributed by atoms with E-state index in [9.17, 15) is 9.18 Å². The first-order chi connectivity index (χ1) is 12.0. The Morgan fingerprint density at radius 1 is 1.28 bits per heavy atom. The van der Waals surface area contributed by atoms with Gasteiger partial charge in [-0.3, -0.25) is 0 Å². The molecule has 2 aromatic carbocycles. The lowest BCUT2D eigenvalue weighted by atomic mass is 10.1. The van der Waals surface area contributed by atoms with Gasteiger partial charge in [0.05, 0.1) is 18.4 Å². The highest BCUT2D eigenvalue weighted by Crippen LogP contribution is 2.23. The summed E-state index contributed by atoms with van der Waals surface area (Å²) in [5.74, 6) is -1.06. The first kappa shape index (κ1) is 18.7. The van der Waals surface area contributed by atoms with Gasteiger partial charge in [0, 0.05) is 18.8 Å². The minimum Gasteiger partial charge on any atom is -0.465 e. The fourth-order valence-corrected chi connectivity index (χ4v) is 2.56. The van der Waals surface area contributed by atoms with Crippen molar-refractivity contribution in [3.63, 3.8) is 0 Å². The van der Waals surface area contributed by atoms with Gasteiger partial charge in [-0.1, -0.05) is 30.3 Å². The number of rotatable bonds is 8. The number of halogens is 1. The molecule has 0 atom stereocenters. The van der Waals surface area contributed by atoms with Crippen molar-refractivity contribution in [3.8, 4) is 0 Å². The van der Waals surface area contributed by atoms with E-state index in [0.29, 0.717) is 6.54 Å². The van der Waals surface area contributed by atoms with Crippen LogP contribution >= 0.6 is 0 Å². The number of nitrogen functional groups attached to an aromatic ring is 1. The Hall–Kier alpha value is -2.60. The summed E-state index contributed by atoms with van der Waals surface area (Å²) in [6.07, 6.45) is 0.834. The van der Waals surface area contributed by atoms with Crippen molar-refractivity contribution in [3.05, 3.63) is 59.4 Å². The van der Waals surface area contributed by atoms with Gasteiger partial charge in [0.25, 0.3) is 0 Å². The Balaban J connectivity index is 1.84. The van der Waals surface area contributed by atoms with Crippen molar-refractivity contribution >= 4 is 17.3 Å². The second-order valence-corrected chi connectivity index (χ2v) is 5.91. The largest absolute Gasteiger partial charge is 0.465 e. The van der Waals surface area contributed by atoms with Crippen LogP contribution in [0, 0.1) is 5.82 Å². The lowest BCUT2D eigenvalue weighted by Crippen LogP contribution is -2.21. The summed E-state index contributed by atoms with van der Waals surface area (Å²) < 4.78 is 18.6. The Bertz CT molecular complexity index is 707. The van der Waals surface area contributed by atoms with Crippen molar-refractivity contribution in [2.24, 2.45) is 0 Å².